The maximum Gasteiger partial charge on any atom is 0.268 e. The molecule has 9 nitrogen and oxygen atoms in total. The number of hydrogen-bond donors (Lipinski definition) is 5. The van der Waals surface area contributed by atoms with Gasteiger partial charge in [-0.05, 0) is 67.3 Å². The molecule has 0 aromatic heterocycles. The monoisotopic (exact) mass is 510 g/mol. The van der Waals surface area contributed by atoms with Crippen LogP contribution in [0, 0.1) is 23.7 Å². The summed E-state index contributed by atoms with van der Waals surface area (Å²) in [6.45, 7) is 3.26. The zero-order chi connectivity index (χ0) is 27.6. The van der Waals surface area contributed by atoms with Crippen LogP contribution in [0.25, 0.3) is 0 Å². The Kier molecular flexibility index (Phi) is 9.87. The quantitative estimate of drug-likeness (QED) is 0.220. The fourth-order valence-electron chi connectivity index (χ4n) is 3.15. The van der Waals surface area contributed by atoms with Crippen LogP contribution < -0.4 is 21.4 Å². The molecule has 0 fully saturated rings. The fraction of sp³-hybridized carbons (Fsp3) is 0.231. The van der Waals surface area contributed by atoms with Gasteiger partial charge in [0.1, 0.15) is 11.6 Å². The number of carbonyl (C=O) groups excluding carboxylic acids is 4. The predicted octanol–water partition coefficient (Wildman–Crippen LogP) is 1.81. The van der Waals surface area contributed by atoms with Gasteiger partial charge in [-0.3, -0.25) is 24.4 Å². The molecular weight excluding hydrogens is 486 g/mol. The SMILES string of the molecule is CC(=O)Nc1ccc(C#CC#Cc2ccc(C(=O)N[C@H](C(=O)NO)C(C)(NC(C)=O)C(F)F)cc2)cc1. The lowest BCUT2D eigenvalue weighted by Gasteiger charge is -2.36. The summed E-state index contributed by atoms with van der Waals surface area (Å²) < 4.78 is 27.5. The Hall–Kier alpha value is -4.74. The van der Waals surface area contributed by atoms with E-state index in [4.69, 9.17) is 5.21 Å². The summed E-state index contributed by atoms with van der Waals surface area (Å²) in [5.74, 6) is 7.72. The summed E-state index contributed by atoms with van der Waals surface area (Å²) >= 11 is 0. The molecule has 4 amide bonds. The number of hydrogen-bond acceptors (Lipinski definition) is 5. The molecule has 0 heterocycles. The molecule has 0 aliphatic heterocycles. The first-order chi connectivity index (χ1) is 17.5. The molecule has 37 heavy (non-hydrogen) atoms. The van der Waals surface area contributed by atoms with Crippen molar-refractivity contribution in [2.75, 3.05) is 5.32 Å². The number of rotatable bonds is 7. The Bertz CT molecular complexity index is 1290. The van der Waals surface area contributed by atoms with E-state index in [1.807, 2.05) is 5.32 Å². The first kappa shape index (κ1) is 28.5. The Morgan fingerprint density at radius 2 is 1.38 bits per heavy atom. The van der Waals surface area contributed by atoms with Gasteiger partial charge < -0.3 is 16.0 Å². The topological polar surface area (TPSA) is 137 Å². The van der Waals surface area contributed by atoms with Crippen LogP contribution in [0.5, 0.6) is 0 Å². The third kappa shape index (κ3) is 8.16. The van der Waals surface area contributed by atoms with E-state index >= 15 is 0 Å². The zero-order valence-electron chi connectivity index (χ0n) is 20.1. The van der Waals surface area contributed by atoms with Crippen molar-refractivity contribution < 1.29 is 33.2 Å². The van der Waals surface area contributed by atoms with Gasteiger partial charge in [-0.25, -0.2) is 14.3 Å². The highest BCUT2D eigenvalue weighted by Crippen LogP contribution is 2.21. The summed E-state index contributed by atoms with van der Waals surface area (Å²) in [4.78, 5) is 47.2. The van der Waals surface area contributed by atoms with Crippen LogP contribution in [0.2, 0.25) is 0 Å². The molecule has 0 bridgehead atoms. The van der Waals surface area contributed by atoms with Crippen molar-refractivity contribution in [3.8, 4) is 23.7 Å². The number of carbonyl (C=O) groups is 4. The van der Waals surface area contributed by atoms with Gasteiger partial charge in [0.2, 0.25) is 11.8 Å². The maximum absolute atomic E-state index is 13.7. The minimum atomic E-state index is -3.26. The lowest BCUT2D eigenvalue weighted by molar-refractivity contribution is -0.137. The van der Waals surface area contributed by atoms with Crippen molar-refractivity contribution >= 4 is 29.3 Å². The van der Waals surface area contributed by atoms with E-state index in [1.54, 1.807) is 24.3 Å². The van der Waals surface area contributed by atoms with Crippen molar-refractivity contribution in [1.29, 1.82) is 0 Å². The first-order valence-corrected chi connectivity index (χ1v) is 10.8. The third-order valence-corrected chi connectivity index (χ3v) is 4.97. The molecule has 2 aromatic carbocycles. The minimum absolute atomic E-state index is 0.0195. The van der Waals surface area contributed by atoms with Gasteiger partial charge >= 0.3 is 0 Å². The lowest BCUT2D eigenvalue weighted by Crippen LogP contribution is -2.68. The van der Waals surface area contributed by atoms with Crippen LogP contribution in [0.4, 0.5) is 14.5 Å². The molecule has 2 rings (SSSR count). The summed E-state index contributed by atoms with van der Waals surface area (Å²) in [5.41, 5.74) is 0.589. The minimum Gasteiger partial charge on any atom is -0.343 e. The van der Waals surface area contributed by atoms with Gasteiger partial charge in [0, 0.05) is 36.2 Å². The summed E-state index contributed by atoms with van der Waals surface area (Å²) in [5, 5.41) is 15.7. The lowest BCUT2D eigenvalue weighted by atomic mass is 9.91. The highest BCUT2D eigenvalue weighted by atomic mass is 19.3. The van der Waals surface area contributed by atoms with Gasteiger partial charge in [0.25, 0.3) is 18.2 Å². The molecule has 5 N–H and O–H groups in total. The molecule has 2 aromatic rings. The van der Waals surface area contributed by atoms with Crippen molar-refractivity contribution in [3.63, 3.8) is 0 Å². The highest BCUT2D eigenvalue weighted by molar-refractivity contribution is 5.98. The van der Waals surface area contributed by atoms with Gasteiger partial charge in [0.05, 0.1) is 0 Å². The molecule has 11 heteroatoms. The van der Waals surface area contributed by atoms with Gasteiger partial charge in [-0.15, -0.1) is 0 Å². The van der Waals surface area contributed by atoms with Crippen LogP contribution in [0.1, 0.15) is 42.3 Å². The molecule has 0 saturated heterocycles. The average Bonchev–Trinajstić information content (AvgIpc) is 2.85. The van der Waals surface area contributed by atoms with Crippen molar-refractivity contribution in [2.45, 2.75) is 38.8 Å². The molecule has 0 saturated carbocycles. The van der Waals surface area contributed by atoms with E-state index in [1.165, 1.54) is 36.7 Å². The second-order valence-corrected chi connectivity index (χ2v) is 7.98. The number of hydroxylamine groups is 1. The standard InChI is InChI=1S/C26H24F2N4O5/c1-16(33)29-21-14-10-19(11-15-21)7-5-4-6-18-8-12-20(13-9-18)23(35)30-22(24(36)32-37)26(3,25(27)28)31-17(2)34/h8-15,22,25,37H,1-3H3,(H,29,33)(H,30,35)(H,31,34)(H,32,36)/t22-,26?/m1/s1. The molecule has 2 atom stereocenters. The number of amides is 4. The Morgan fingerprint density at radius 1 is 0.865 bits per heavy atom. The second-order valence-electron chi connectivity index (χ2n) is 7.98. The van der Waals surface area contributed by atoms with Crippen LogP contribution >= 0.6 is 0 Å². The summed E-state index contributed by atoms with van der Waals surface area (Å²) in [7, 11) is 0. The molecule has 0 aliphatic carbocycles. The zero-order valence-corrected chi connectivity index (χ0v) is 20.1. The summed E-state index contributed by atoms with van der Waals surface area (Å²) in [6, 6.07) is 10.6. The summed E-state index contributed by atoms with van der Waals surface area (Å²) in [6.07, 6.45) is -3.26. The Morgan fingerprint density at radius 3 is 1.81 bits per heavy atom. The number of anilines is 1. The Labute approximate surface area is 212 Å². The van der Waals surface area contributed by atoms with Crippen molar-refractivity contribution in [3.05, 3.63) is 65.2 Å². The van der Waals surface area contributed by atoms with E-state index in [0.717, 1.165) is 13.8 Å². The third-order valence-electron chi connectivity index (χ3n) is 4.97. The van der Waals surface area contributed by atoms with Gasteiger partial charge in [-0.2, -0.15) is 0 Å². The van der Waals surface area contributed by atoms with Crippen LogP contribution in [0.3, 0.4) is 0 Å². The fourth-order valence-corrected chi connectivity index (χ4v) is 3.15. The second kappa shape index (κ2) is 12.8. The highest BCUT2D eigenvalue weighted by Gasteiger charge is 2.48. The van der Waals surface area contributed by atoms with Crippen LogP contribution in [0.15, 0.2) is 48.5 Å². The normalized spacial score (nSPS) is 12.4. The smallest absolute Gasteiger partial charge is 0.268 e. The molecule has 1 unspecified atom stereocenters. The van der Waals surface area contributed by atoms with Crippen LogP contribution in [-0.4, -0.2) is 46.8 Å². The molecule has 0 spiro atoms. The number of halogens is 2. The maximum atomic E-state index is 13.7. The molecule has 0 aliphatic rings. The van der Waals surface area contributed by atoms with E-state index in [2.05, 4.69) is 34.3 Å². The van der Waals surface area contributed by atoms with Gasteiger partial charge in [-0.1, -0.05) is 11.8 Å². The van der Waals surface area contributed by atoms with E-state index < -0.39 is 35.7 Å². The van der Waals surface area contributed by atoms with Crippen molar-refractivity contribution in [1.82, 2.24) is 16.1 Å². The van der Waals surface area contributed by atoms with Crippen LogP contribution in [-0.2, 0) is 14.4 Å². The molecular formula is C26H24F2N4O5. The first-order valence-electron chi connectivity index (χ1n) is 10.8. The van der Waals surface area contributed by atoms with Gasteiger partial charge in [0.15, 0.2) is 0 Å². The predicted molar refractivity (Wildman–Crippen MR) is 130 cm³/mol. The average molecular weight is 510 g/mol. The number of benzene rings is 2. The van der Waals surface area contributed by atoms with E-state index in [0.29, 0.717) is 16.8 Å². The number of alkyl halides is 2. The van der Waals surface area contributed by atoms with E-state index in [-0.39, 0.29) is 11.5 Å². The van der Waals surface area contributed by atoms with E-state index in [9.17, 15) is 28.0 Å². The van der Waals surface area contributed by atoms with Crippen molar-refractivity contribution in [2.24, 2.45) is 0 Å². The Balaban J connectivity index is 2.13. The number of nitrogens with one attached hydrogen (secondary N) is 4. The largest absolute Gasteiger partial charge is 0.343 e. The molecule has 0 radical (unpaired) electrons. The molecule has 192 valence electrons.